The summed E-state index contributed by atoms with van der Waals surface area (Å²) in [5.74, 6) is 0.841. The Balaban J connectivity index is 1.75. The van der Waals surface area contributed by atoms with Gasteiger partial charge in [0.2, 0.25) is 0 Å². The van der Waals surface area contributed by atoms with Crippen molar-refractivity contribution < 1.29 is 0 Å². The van der Waals surface area contributed by atoms with Crippen molar-refractivity contribution in [2.75, 3.05) is 19.6 Å². The lowest BCUT2D eigenvalue weighted by Crippen LogP contribution is -2.39. The number of hydrogen-bond acceptors (Lipinski definition) is 3. The maximum absolute atomic E-state index is 4.56. The first kappa shape index (κ1) is 15.0. The maximum Gasteiger partial charge on any atom is 0.191 e. The molecule has 2 N–H and O–H groups in total. The second-order valence-corrected chi connectivity index (χ2v) is 4.56. The molecule has 0 spiro atoms. The van der Waals surface area contributed by atoms with Gasteiger partial charge in [0.1, 0.15) is 0 Å². The zero-order valence-corrected chi connectivity index (χ0v) is 12.4. The van der Waals surface area contributed by atoms with Crippen molar-refractivity contribution in [3.8, 4) is 0 Å². The zero-order chi connectivity index (χ0) is 14.8. The summed E-state index contributed by atoms with van der Waals surface area (Å²) in [5, 5.41) is 6.56. The fourth-order valence-electron chi connectivity index (χ4n) is 1.89. The second-order valence-electron chi connectivity index (χ2n) is 4.56. The molecule has 2 aromatic rings. The minimum absolute atomic E-state index is 0.720. The number of nitrogens with zero attached hydrogens (tertiary/aromatic N) is 4. The van der Waals surface area contributed by atoms with E-state index in [1.165, 1.54) is 0 Å². The van der Waals surface area contributed by atoms with E-state index in [9.17, 15) is 0 Å². The van der Waals surface area contributed by atoms with Gasteiger partial charge in [0, 0.05) is 56.9 Å². The molecule has 6 heteroatoms. The largest absolute Gasteiger partial charge is 0.357 e. The standard InChI is InChI=1S/C15H22N6/c1-2-17-15(20-10-12-21-11-9-16-13-21)19-8-6-14-5-3-4-7-18-14/h3-5,7,9,11,13H,2,6,8,10,12H2,1H3,(H2,17,19,20). The molecule has 0 aliphatic carbocycles. The van der Waals surface area contributed by atoms with E-state index in [1.54, 1.807) is 6.20 Å². The number of hydrogen-bond donors (Lipinski definition) is 2. The van der Waals surface area contributed by atoms with Crippen LogP contribution in [0.1, 0.15) is 12.6 Å². The highest BCUT2D eigenvalue weighted by atomic mass is 15.2. The van der Waals surface area contributed by atoms with Crippen LogP contribution in [-0.2, 0) is 13.0 Å². The minimum Gasteiger partial charge on any atom is -0.357 e. The van der Waals surface area contributed by atoms with Crippen LogP contribution in [0.15, 0.2) is 48.1 Å². The summed E-state index contributed by atoms with van der Waals surface area (Å²) >= 11 is 0. The number of imidazole rings is 1. The first-order valence-corrected chi connectivity index (χ1v) is 7.26. The molecule has 0 amide bonds. The van der Waals surface area contributed by atoms with Crippen LogP contribution in [0.4, 0.5) is 0 Å². The normalized spacial score (nSPS) is 11.4. The predicted octanol–water partition coefficient (Wildman–Crippen LogP) is 1.08. The van der Waals surface area contributed by atoms with Gasteiger partial charge in [-0.1, -0.05) is 6.07 Å². The summed E-state index contributed by atoms with van der Waals surface area (Å²) in [6.45, 7) is 5.31. The smallest absolute Gasteiger partial charge is 0.191 e. The number of rotatable bonds is 7. The summed E-state index contributed by atoms with van der Waals surface area (Å²) in [7, 11) is 0. The van der Waals surface area contributed by atoms with Gasteiger partial charge in [-0.3, -0.25) is 9.98 Å². The Bertz CT molecular complexity index is 520. The molecule has 0 aliphatic heterocycles. The molecule has 0 unspecified atom stereocenters. The van der Waals surface area contributed by atoms with Crippen molar-refractivity contribution in [1.82, 2.24) is 25.2 Å². The van der Waals surface area contributed by atoms with Gasteiger partial charge >= 0.3 is 0 Å². The SMILES string of the molecule is CCNC(=NCCc1ccccn1)NCCn1ccnc1. The lowest BCUT2D eigenvalue weighted by molar-refractivity contribution is 0.661. The van der Waals surface area contributed by atoms with Crippen molar-refractivity contribution >= 4 is 5.96 Å². The number of pyridine rings is 1. The molecule has 0 fully saturated rings. The van der Waals surface area contributed by atoms with Crippen molar-refractivity contribution in [2.24, 2.45) is 4.99 Å². The highest BCUT2D eigenvalue weighted by Crippen LogP contribution is 1.94. The molecular weight excluding hydrogens is 264 g/mol. The molecular formula is C15H22N6. The number of aromatic nitrogens is 3. The number of nitrogens with one attached hydrogen (secondary N) is 2. The van der Waals surface area contributed by atoms with Crippen molar-refractivity contribution in [2.45, 2.75) is 19.9 Å². The first-order valence-electron chi connectivity index (χ1n) is 7.26. The third-order valence-corrected chi connectivity index (χ3v) is 2.93. The highest BCUT2D eigenvalue weighted by Gasteiger charge is 1.98. The summed E-state index contributed by atoms with van der Waals surface area (Å²) in [6.07, 6.45) is 8.21. The second kappa shape index (κ2) is 8.73. The van der Waals surface area contributed by atoms with Crippen LogP contribution < -0.4 is 10.6 Å². The van der Waals surface area contributed by atoms with Gasteiger partial charge in [-0.25, -0.2) is 4.98 Å². The van der Waals surface area contributed by atoms with E-state index in [-0.39, 0.29) is 0 Å². The van der Waals surface area contributed by atoms with Gasteiger partial charge in [0.25, 0.3) is 0 Å². The molecule has 0 bridgehead atoms. The first-order chi connectivity index (χ1) is 10.4. The van der Waals surface area contributed by atoms with Gasteiger partial charge < -0.3 is 15.2 Å². The molecule has 0 aliphatic rings. The molecule has 0 saturated heterocycles. The topological polar surface area (TPSA) is 67.1 Å². The van der Waals surface area contributed by atoms with Gasteiger partial charge in [0.15, 0.2) is 5.96 Å². The monoisotopic (exact) mass is 286 g/mol. The van der Waals surface area contributed by atoms with Crippen LogP contribution in [-0.4, -0.2) is 40.1 Å². The Kier molecular flexibility index (Phi) is 6.25. The Hall–Kier alpha value is -2.37. The van der Waals surface area contributed by atoms with E-state index in [0.29, 0.717) is 0 Å². The van der Waals surface area contributed by atoms with Gasteiger partial charge in [-0.15, -0.1) is 0 Å². The Morgan fingerprint density at radius 1 is 1.29 bits per heavy atom. The zero-order valence-electron chi connectivity index (χ0n) is 12.4. The van der Waals surface area contributed by atoms with Crippen LogP contribution in [0, 0.1) is 0 Å². The lowest BCUT2D eigenvalue weighted by Gasteiger charge is -2.11. The molecule has 2 rings (SSSR count). The molecule has 2 aromatic heterocycles. The van der Waals surface area contributed by atoms with Crippen LogP contribution >= 0.6 is 0 Å². The summed E-state index contributed by atoms with van der Waals surface area (Å²) in [4.78, 5) is 12.9. The molecule has 0 aromatic carbocycles. The number of guanidine groups is 1. The van der Waals surface area contributed by atoms with Crippen LogP contribution in [0.25, 0.3) is 0 Å². The third kappa shape index (κ3) is 5.64. The van der Waals surface area contributed by atoms with Crippen LogP contribution in [0.2, 0.25) is 0 Å². The van der Waals surface area contributed by atoms with E-state index in [0.717, 1.165) is 44.3 Å². The average Bonchev–Trinajstić information content (AvgIpc) is 3.02. The maximum atomic E-state index is 4.56. The Morgan fingerprint density at radius 3 is 2.95 bits per heavy atom. The molecule has 2 heterocycles. The van der Waals surface area contributed by atoms with E-state index < -0.39 is 0 Å². The quantitative estimate of drug-likeness (QED) is 0.590. The fourth-order valence-corrected chi connectivity index (χ4v) is 1.89. The van der Waals surface area contributed by atoms with Crippen LogP contribution in [0.5, 0.6) is 0 Å². The van der Waals surface area contributed by atoms with Crippen molar-refractivity contribution in [1.29, 1.82) is 0 Å². The van der Waals surface area contributed by atoms with Gasteiger partial charge in [0.05, 0.1) is 6.33 Å². The molecule has 0 atom stereocenters. The molecule has 0 radical (unpaired) electrons. The van der Waals surface area contributed by atoms with E-state index in [1.807, 2.05) is 41.5 Å². The average molecular weight is 286 g/mol. The summed E-state index contributed by atoms with van der Waals surface area (Å²) < 4.78 is 2.03. The number of aliphatic imine (C=N–C) groups is 1. The van der Waals surface area contributed by atoms with E-state index in [2.05, 4.69) is 32.5 Å². The molecule has 21 heavy (non-hydrogen) atoms. The summed E-state index contributed by atoms with van der Waals surface area (Å²) in [5.41, 5.74) is 1.07. The van der Waals surface area contributed by atoms with Crippen LogP contribution in [0.3, 0.4) is 0 Å². The molecule has 6 nitrogen and oxygen atoms in total. The fraction of sp³-hybridized carbons (Fsp3) is 0.400. The molecule has 112 valence electrons. The highest BCUT2D eigenvalue weighted by molar-refractivity contribution is 5.79. The third-order valence-electron chi connectivity index (χ3n) is 2.93. The molecule has 0 saturated carbocycles. The van der Waals surface area contributed by atoms with E-state index >= 15 is 0 Å². The van der Waals surface area contributed by atoms with Gasteiger partial charge in [-0.2, -0.15) is 0 Å². The van der Waals surface area contributed by atoms with Crippen molar-refractivity contribution in [3.05, 3.63) is 48.8 Å². The Morgan fingerprint density at radius 2 is 2.24 bits per heavy atom. The van der Waals surface area contributed by atoms with Crippen molar-refractivity contribution in [3.63, 3.8) is 0 Å². The van der Waals surface area contributed by atoms with Gasteiger partial charge in [-0.05, 0) is 19.1 Å². The predicted molar refractivity (Wildman–Crippen MR) is 84.1 cm³/mol. The van der Waals surface area contributed by atoms with E-state index in [4.69, 9.17) is 0 Å². The lowest BCUT2D eigenvalue weighted by atomic mass is 10.3. The Labute approximate surface area is 125 Å². The minimum atomic E-state index is 0.720. The summed E-state index contributed by atoms with van der Waals surface area (Å²) in [6, 6.07) is 5.95.